The van der Waals surface area contributed by atoms with Crippen LogP contribution in [0.1, 0.15) is 31.6 Å². The Morgan fingerprint density at radius 1 is 1.50 bits per heavy atom. The molecule has 2 heterocycles. The molecule has 1 saturated heterocycles. The van der Waals surface area contributed by atoms with E-state index in [-0.39, 0.29) is 6.10 Å². The van der Waals surface area contributed by atoms with Crippen molar-refractivity contribution in [2.24, 2.45) is 13.0 Å². The SMILES string of the molecule is CCN1CCC([C@H](O)c2ccnn2C)CC1. The van der Waals surface area contributed by atoms with Gasteiger partial charge in [0.25, 0.3) is 0 Å². The molecule has 0 aromatic carbocycles. The zero-order chi connectivity index (χ0) is 11.5. The Balaban J connectivity index is 1.97. The van der Waals surface area contributed by atoms with E-state index >= 15 is 0 Å². The van der Waals surface area contributed by atoms with Gasteiger partial charge in [0.2, 0.25) is 0 Å². The lowest BCUT2D eigenvalue weighted by Crippen LogP contribution is -2.35. The fourth-order valence-electron chi connectivity index (χ4n) is 2.50. The van der Waals surface area contributed by atoms with Crippen LogP contribution in [0.3, 0.4) is 0 Å². The zero-order valence-corrected chi connectivity index (χ0v) is 10.1. The third-order valence-electron chi connectivity index (χ3n) is 3.69. The van der Waals surface area contributed by atoms with Crippen LogP contribution < -0.4 is 0 Å². The van der Waals surface area contributed by atoms with Gasteiger partial charge < -0.3 is 10.0 Å². The van der Waals surface area contributed by atoms with Crippen molar-refractivity contribution in [3.63, 3.8) is 0 Å². The Morgan fingerprint density at radius 3 is 2.69 bits per heavy atom. The largest absolute Gasteiger partial charge is 0.387 e. The van der Waals surface area contributed by atoms with Crippen molar-refractivity contribution in [1.29, 1.82) is 0 Å². The smallest absolute Gasteiger partial charge is 0.0985 e. The first-order valence-electron chi connectivity index (χ1n) is 6.10. The number of aliphatic hydroxyl groups excluding tert-OH is 1. The first-order chi connectivity index (χ1) is 7.72. The predicted molar refractivity (Wildman–Crippen MR) is 63.0 cm³/mol. The number of aliphatic hydroxyl groups is 1. The molecule has 0 radical (unpaired) electrons. The molecule has 90 valence electrons. The van der Waals surface area contributed by atoms with Gasteiger partial charge in [0.05, 0.1) is 11.8 Å². The molecule has 0 unspecified atom stereocenters. The molecular weight excluding hydrogens is 202 g/mol. The number of rotatable bonds is 3. The van der Waals surface area contributed by atoms with E-state index in [1.54, 1.807) is 10.9 Å². The van der Waals surface area contributed by atoms with Crippen LogP contribution in [0.5, 0.6) is 0 Å². The molecule has 1 aromatic rings. The van der Waals surface area contributed by atoms with E-state index in [4.69, 9.17) is 0 Å². The minimum Gasteiger partial charge on any atom is -0.387 e. The minimum atomic E-state index is -0.355. The van der Waals surface area contributed by atoms with Crippen LogP contribution in [0.4, 0.5) is 0 Å². The second kappa shape index (κ2) is 4.97. The normalized spacial score (nSPS) is 21.2. The molecule has 1 N–H and O–H groups in total. The second-order valence-corrected chi connectivity index (χ2v) is 4.60. The number of hydrogen-bond acceptors (Lipinski definition) is 3. The molecule has 4 nitrogen and oxygen atoms in total. The van der Waals surface area contributed by atoms with E-state index in [1.165, 1.54) is 0 Å². The van der Waals surface area contributed by atoms with Crippen LogP contribution in [0, 0.1) is 5.92 Å². The van der Waals surface area contributed by atoms with E-state index < -0.39 is 0 Å². The lowest BCUT2D eigenvalue weighted by Gasteiger charge is -2.33. The van der Waals surface area contributed by atoms with Crippen LogP contribution in [0.15, 0.2) is 12.3 Å². The van der Waals surface area contributed by atoms with Crippen LogP contribution in [0.2, 0.25) is 0 Å². The number of nitrogens with zero attached hydrogens (tertiary/aromatic N) is 3. The molecule has 16 heavy (non-hydrogen) atoms. The zero-order valence-electron chi connectivity index (χ0n) is 10.1. The monoisotopic (exact) mass is 223 g/mol. The Labute approximate surface area is 96.9 Å². The second-order valence-electron chi connectivity index (χ2n) is 4.60. The lowest BCUT2D eigenvalue weighted by molar-refractivity contribution is 0.0549. The summed E-state index contributed by atoms with van der Waals surface area (Å²) in [5.74, 6) is 0.387. The van der Waals surface area contributed by atoms with Crippen molar-refractivity contribution in [2.45, 2.75) is 25.9 Å². The summed E-state index contributed by atoms with van der Waals surface area (Å²) in [6.45, 7) is 5.53. The molecule has 0 spiro atoms. The molecule has 2 rings (SSSR count). The van der Waals surface area contributed by atoms with Gasteiger partial charge in [-0.3, -0.25) is 4.68 Å². The third-order valence-corrected chi connectivity index (χ3v) is 3.69. The Morgan fingerprint density at radius 2 is 2.19 bits per heavy atom. The van der Waals surface area contributed by atoms with E-state index in [0.717, 1.165) is 38.2 Å². The van der Waals surface area contributed by atoms with E-state index in [9.17, 15) is 5.11 Å². The van der Waals surface area contributed by atoms with E-state index in [0.29, 0.717) is 5.92 Å². The maximum atomic E-state index is 10.3. The topological polar surface area (TPSA) is 41.3 Å². The third kappa shape index (κ3) is 2.28. The molecule has 0 aliphatic carbocycles. The number of hydrogen-bond donors (Lipinski definition) is 1. The van der Waals surface area contributed by atoms with Gasteiger partial charge in [-0.2, -0.15) is 5.10 Å². The maximum absolute atomic E-state index is 10.3. The summed E-state index contributed by atoms with van der Waals surface area (Å²) in [5, 5.41) is 14.4. The van der Waals surface area contributed by atoms with Gasteiger partial charge in [-0.25, -0.2) is 0 Å². The molecule has 0 bridgehead atoms. The Bertz CT molecular complexity index is 329. The molecule has 1 aliphatic rings. The van der Waals surface area contributed by atoms with Crippen LogP contribution in [-0.4, -0.2) is 39.4 Å². The summed E-state index contributed by atoms with van der Waals surface area (Å²) in [7, 11) is 1.89. The molecule has 4 heteroatoms. The van der Waals surface area contributed by atoms with Gasteiger partial charge in [0.15, 0.2) is 0 Å². The summed E-state index contributed by atoms with van der Waals surface area (Å²) in [6, 6.07) is 1.91. The number of aromatic nitrogens is 2. The molecule has 1 atom stereocenters. The number of likely N-dealkylation sites (tertiary alicyclic amines) is 1. The van der Waals surface area contributed by atoms with E-state index in [1.807, 2.05) is 13.1 Å². The summed E-state index contributed by atoms with van der Waals surface area (Å²) < 4.78 is 1.77. The van der Waals surface area contributed by atoms with Crippen molar-refractivity contribution < 1.29 is 5.11 Å². The molecule has 1 fully saturated rings. The lowest BCUT2D eigenvalue weighted by atomic mass is 9.89. The highest BCUT2D eigenvalue weighted by Gasteiger charge is 2.27. The molecule has 0 amide bonds. The van der Waals surface area contributed by atoms with Gasteiger partial charge in [0, 0.05) is 13.2 Å². The van der Waals surface area contributed by atoms with E-state index in [2.05, 4.69) is 16.9 Å². The van der Waals surface area contributed by atoms with Gasteiger partial charge in [-0.15, -0.1) is 0 Å². The van der Waals surface area contributed by atoms with Crippen molar-refractivity contribution in [1.82, 2.24) is 14.7 Å². The minimum absolute atomic E-state index is 0.355. The van der Waals surface area contributed by atoms with Crippen molar-refractivity contribution >= 4 is 0 Å². The fraction of sp³-hybridized carbons (Fsp3) is 0.750. The summed E-state index contributed by atoms with van der Waals surface area (Å²) in [6.07, 6.45) is 3.56. The predicted octanol–water partition coefficient (Wildman–Crippen LogP) is 1.19. The summed E-state index contributed by atoms with van der Waals surface area (Å²) >= 11 is 0. The van der Waals surface area contributed by atoms with Crippen LogP contribution in [-0.2, 0) is 7.05 Å². The van der Waals surface area contributed by atoms with Crippen molar-refractivity contribution in [2.75, 3.05) is 19.6 Å². The summed E-state index contributed by atoms with van der Waals surface area (Å²) in [5.41, 5.74) is 0.940. The van der Waals surface area contributed by atoms with Crippen molar-refractivity contribution in [3.8, 4) is 0 Å². The van der Waals surface area contributed by atoms with Crippen molar-refractivity contribution in [3.05, 3.63) is 18.0 Å². The van der Waals surface area contributed by atoms with Gasteiger partial charge >= 0.3 is 0 Å². The Kier molecular flexibility index (Phi) is 3.61. The van der Waals surface area contributed by atoms with Crippen LogP contribution >= 0.6 is 0 Å². The highest BCUT2D eigenvalue weighted by atomic mass is 16.3. The molecular formula is C12H21N3O. The standard InChI is InChI=1S/C12H21N3O/c1-3-15-8-5-10(6-9-15)12(16)11-4-7-13-14(11)2/h4,7,10,12,16H,3,5-6,8-9H2,1-2H3/t12-/m0/s1. The first kappa shape index (κ1) is 11.6. The van der Waals surface area contributed by atoms with Gasteiger partial charge in [0.1, 0.15) is 0 Å². The molecule has 0 saturated carbocycles. The summed E-state index contributed by atoms with van der Waals surface area (Å²) in [4.78, 5) is 2.44. The Hall–Kier alpha value is -0.870. The fourth-order valence-corrected chi connectivity index (χ4v) is 2.50. The average Bonchev–Trinajstić information content (AvgIpc) is 2.75. The highest BCUT2D eigenvalue weighted by molar-refractivity contribution is 5.05. The van der Waals surface area contributed by atoms with Gasteiger partial charge in [-0.05, 0) is 44.5 Å². The average molecular weight is 223 g/mol. The van der Waals surface area contributed by atoms with Gasteiger partial charge in [-0.1, -0.05) is 6.92 Å². The number of aryl methyl sites for hydroxylation is 1. The first-order valence-corrected chi connectivity index (χ1v) is 6.10. The quantitative estimate of drug-likeness (QED) is 0.836. The number of piperidine rings is 1. The van der Waals surface area contributed by atoms with Crippen LogP contribution in [0.25, 0.3) is 0 Å². The highest BCUT2D eigenvalue weighted by Crippen LogP contribution is 2.30. The molecule has 1 aromatic heterocycles. The maximum Gasteiger partial charge on any atom is 0.0985 e. The molecule has 1 aliphatic heterocycles.